The summed E-state index contributed by atoms with van der Waals surface area (Å²) in [6.07, 6.45) is 1.33. The second-order valence-electron chi connectivity index (χ2n) is 4.15. The molecule has 1 fully saturated rings. The fourth-order valence-electron chi connectivity index (χ4n) is 1.95. The number of hydrogen-bond acceptors (Lipinski definition) is 5. The first-order valence-electron chi connectivity index (χ1n) is 5.44. The standard InChI is InChI=1S/C9H16N2O6S/c1-17-8(14)10-18(15,16)11-9(7(12)13)5-3-2-4-6-9/h11H,2-6H2,1H3,(H,10,14)(H,12,13). The number of carboxylic acid groups (broad SMARTS) is 1. The van der Waals surface area contributed by atoms with Crippen LogP contribution in [0.1, 0.15) is 32.1 Å². The lowest BCUT2D eigenvalue weighted by Crippen LogP contribution is -2.58. The zero-order chi connectivity index (χ0) is 13.8. The fourth-order valence-corrected chi connectivity index (χ4v) is 3.11. The van der Waals surface area contributed by atoms with Crippen LogP contribution >= 0.6 is 0 Å². The summed E-state index contributed by atoms with van der Waals surface area (Å²) >= 11 is 0. The number of amides is 1. The molecule has 8 nitrogen and oxygen atoms in total. The molecule has 0 heterocycles. The molecule has 1 rings (SSSR count). The molecule has 1 saturated carbocycles. The van der Waals surface area contributed by atoms with Gasteiger partial charge in [-0.05, 0) is 12.8 Å². The van der Waals surface area contributed by atoms with Gasteiger partial charge in [-0.3, -0.25) is 4.79 Å². The topological polar surface area (TPSA) is 122 Å². The number of carbonyl (C=O) groups excluding carboxylic acids is 1. The van der Waals surface area contributed by atoms with Gasteiger partial charge in [0.25, 0.3) is 0 Å². The Hall–Kier alpha value is -1.35. The molecule has 0 aromatic heterocycles. The van der Waals surface area contributed by atoms with Crippen LogP contribution in [-0.2, 0) is 19.7 Å². The number of methoxy groups -OCH3 is 1. The Balaban J connectivity index is 2.84. The van der Waals surface area contributed by atoms with Crippen LogP contribution < -0.4 is 9.44 Å². The fraction of sp³-hybridized carbons (Fsp3) is 0.778. The van der Waals surface area contributed by atoms with Crippen molar-refractivity contribution in [1.82, 2.24) is 9.44 Å². The maximum atomic E-state index is 11.6. The zero-order valence-corrected chi connectivity index (χ0v) is 10.7. The molecule has 18 heavy (non-hydrogen) atoms. The molecule has 0 radical (unpaired) electrons. The molecule has 9 heteroatoms. The number of hydrogen-bond donors (Lipinski definition) is 3. The third-order valence-corrected chi connectivity index (χ3v) is 3.94. The Kier molecular flexibility index (Phi) is 4.52. The first-order valence-corrected chi connectivity index (χ1v) is 6.93. The van der Waals surface area contributed by atoms with E-state index in [9.17, 15) is 23.1 Å². The van der Waals surface area contributed by atoms with Gasteiger partial charge in [-0.15, -0.1) is 0 Å². The van der Waals surface area contributed by atoms with E-state index in [0.717, 1.165) is 13.5 Å². The van der Waals surface area contributed by atoms with Crippen molar-refractivity contribution in [2.24, 2.45) is 0 Å². The van der Waals surface area contributed by atoms with Crippen LogP contribution in [0.15, 0.2) is 0 Å². The average molecular weight is 280 g/mol. The van der Waals surface area contributed by atoms with Gasteiger partial charge in [0.2, 0.25) is 0 Å². The van der Waals surface area contributed by atoms with Gasteiger partial charge in [0.1, 0.15) is 5.54 Å². The van der Waals surface area contributed by atoms with Crippen molar-refractivity contribution in [3.63, 3.8) is 0 Å². The molecule has 3 N–H and O–H groups in total. The van der Waals surface area contributed by atoms with E-state index < -0.39 is 27.8 Å². The summed E-state index contributed by atoms with van der Waals surface area (Å²) < 4.78 is 30.9. The average Bonchev–Trinajstić information content (AvgIpc) is 2.28. The van der Waals surface area contributed by atoms with E-state index in [4.69, 9.17) is 0 Å². The van der Waals surface area contributed by atoms with Crippen molar-refractivity contribution in [3.8, 4) is 0 Å². The highest BCUT2D eigenvalue weighted by molar-refractivity contribution is 7.88. The van der Waals surface area contributed by atoms with Crippen molar-refractivity contribution < 1.29 is 27.9 Å². The summed E-state index contributed by atoms with van der Waals surface area (Å²) in [6, 6.07) is 0. The molecule has 104 valence electrons. The van der Waals surface area contributed by atoms with Gasteiger partial charge in [0.15, 0.2) is 0 Å². The van der Waals surface area contributed by atoms with E-state index in [1.165, 1.54) is 0 Å². The smallest absolute Gasteiger partial charge is 0.421 e. The summed E-state index contributed by atoms with van der Waals surface area (Å²) in [4.78, 5) is 22.1. The summed E-state index contributed by atoms with van der Waals surface area (Å²) in [5.41, 5.74) is -1.54. The van der Waals surface area contributed by atoms with Crippen LogP contribution in [-0.4, -0.2) is 38.2 Å². The second kappa shape index (κ2) is 5.53. The van der Waals surface area contributed by atoms with E-state index in [0.29, 0.717) is 12.8 Å². The van der Waals surface area contributed by atoms with Crippen LogP contribution in [0.5, 0.6) is 0 Å². The molecule has 1 aliphatic carbocycles. The Bertz CT molecular complexity index is 426. The molecule has 0 bridgehead atoms. The predicted molar refractivity (Wildman–Crippen MR) is 61.0 cm³/mol. The van der Waals surface area contributed by atoms with Crippen LogP contribution in [0, 0.1) is 0 Å². The van der Waals surface area contributed by atoms with E-state index in [-0.39, 0.29) is 12.8 Å². The largest absolute Gasteiger partial charge is 0.480 e. The summed E-state index contributed by atoms with van der Waals surface area (Å²) in [5.74, 6) is -1.24. The van der Waals surface area contributed by atoms with Gasteiger partial charge in [-0.25, -0.2) is 9.52 Å². The number of nitrogens with one attached hydrogen (secondary N) is 2. The summed E-state index contributed by atoms with van der Waals surface area (Å²) in [6.45, 7) is 0. The maximum Gasteiger partial charge on any atom is 0.421 e. The molecular formula is C9H16N2O6S. The minimum absolute atomic E-state index is 0.199. The molecule has 0 aromatic rings. The number of ether oxygens (including phenoxy) is 1. The van der Waals surface area contributed by atoms with Crippen molar-refractivity contribution in [3.05, 3.63) is 0 Å². The summed E-state index contributed by atoms with van der Waals surface area (Å²) in [7, 11) is -3.24. The molecule has 0 unspecified atom stereocenters. The van der Waals surface area contributed by atoms with E-state index in [2.05, 4.69) is 4.74 Å². The van der Waals surface area contributed by atoms with Crippen molar-refractivity contribution in [2.75, 3.05) is 7.11 Å². The lowest BCUT2D eigenvalue weighted by Gasteiger charge is -2.33. The van der Waals surface area contributed by atoms with Gasteiger partial charge in [0.05, 0.1) is 7.11 Å². The SMILES string of the molecule is COC(=O)NS(=O)(=O)NC1(C(=O)O)CCCCC1. The lowest BCUT2D eigenvalue weighted by molar-refractivity contribution is -0.145. The van der Waals surface area contributed by atoms with Crippen LogP contribution in [0.3, 0.4) is 0 Å². The minimum atomic E-state index is -4.25. The maximum absolute atomic E-state index is 11.6. The molecular weight excluding hydrogens is 264 g/mol. The van der Waals surface area contributed by atoms with Crippen LogP contribution in [0.2, 0.25) is 0 Å². The van der Waals surface area contributed by atoms with Gasteiger partial charge in [-0.2, -0.15) is 13.1 Å². The highest BCUT2D eigenvalue weighted by atomic mass is 32.2. The van der Waals surface area contributed by atoms with Gasteiger partial charge < -0.3 is 9.84 Å². The van der Waals surface area contributed by atoms with Gasteiger partial charge in [-0.1, -0.05) is 19.3 Å². The normalized spacial score (nSPS) is 18.9. The molecule has 0 spiro atoms. The van der Waals surface area contributed by atoms with Crippen LogP contribution in [0.4, 0.5) is 4.79 Å². The summed E-state index contributed by atoms with van der Waals surface area (Å²) in [5, 5.41) is 9.17. The Morgan fingerprint density at radius 1 is 1.22 bits per heavy atom. The predicted octanol–water partition coefficient (Wildman–Crippen LogP) is -0.0357. The number of aliphatic carboxylic acids is 1. The van der Waals surface area contributed by atoms with Crippen LogP contribution in [0.25, 0.3) is 0 Å². The van der Waals surface area contributed by atoms with Crippen molar-refractivity contribution in [1.29, 1.82) is 0 Å². The second-order valence-corrected chi connectivity index (χ2v) is 5.56. The van der Waals surface area contributed by atoms with Gasteiger partial charge in [0, 0.05) is 0 Å². The Morgan fingerprint density at radius 3 is 2.22 bits per heavy atom. The third kappa shape index (κ3) is 3.57. The minimum Gasteiger partial charge on any atom is -0.480 e. The Morgan fingerprint density at radius 2 is 1.78 bits per heavy atom. The van der Waals surface area contributed by atoms with Gasteiger partial charge >= 0.3 is 22.3 Å². The first-order chi connectivity index (χ1) is 8.31. The molecule has 0 aromatic carbocycles. The molecule has 1 amide bonds. The quantitative estimate of drug-likeness (QED) is 0.664. The van der Waals surface area contributed by atoms with Crippen molar-refractivity contribution >= 4 is 22.3 Å². The number of carbonyl (C=O) groups is 2. The highest BCUT2D eigenvalue weighted by Gasteiger charge is 2.43. The molecule has 0 aliphatic heterocycles. The van der Waals surface area contributed by atoms with E-state index >= 15 is 0 Å². The monoisotopic (exact) mass is 280 g/mol. The zero-order valence-electron chi connectivity index (χ0n) is 9.93. The molecule has 0 atom stereocenters. The molecule has 0 saturated heterocycles. The van der Waals surface area contributed by atoms with E-state index in [1.807, 2.05) is 4.72 Å². The van der Waals surface area contributed by atoms with E-state index in [1.54, 1.807) is 4.72 Å². The first kappa shape index (κ1) is 14.7. The molecule has 1 aliphatic rings. The van der Waals surface area contributed by atoms with Crippen molar-refractivity contribution in [2.45, 2.75) is 37.6 Å². The Labute approximate surface area is 105 Å². The number of carboxylic acids is 1. The third-order valence-electron chi connectivity index (χ3n) is 2.85. The number of rotatable bonds is 4. The highest BCUT2D eigenvalue weighted by Crippen LogP contribution is 2.28. The lowest BCUT2D eigenvalue weighted by atomic mass is 9.83.